The Morgan fingerprint density at radius 1 is 1.42 bits per heavy atom. The molecule has 0 bridgehead atoms. The van der Waals surface area contributed by atoms with E-state index >= 15 is 0 Å². The van der Waals surface area contributed by atoms with Gasteiger partial charge in [-0.2, -0.15) is 6.61 Å². The first-order chi connectivity index (χ1) is 5.36. The molecule has 1 aromatic carbocycles. The SMILES string of the molecule is Cc1ccc2c(c1)O[CH-]CC2.[Rb+]. The second-order valence-electron chi connectivity index (χ2n) is 2.93. The van der Waals surface area contributed by atoms with Crippen LogP contribution >= 0.6 is 0 Å². The van der Waals surface area contributed by atoms with E-state index in [-0.39, 0.29) is 58.2 Å². The Kier molecular flexibility index (Phi) is 4.45. The van der Waals surface area contributed by atoms with Crippen molar-refractivity contribution in [3.05, 3.63) is 35.9 Å². The topological polar surface area (TPSA) is 9.23 Å². The van der Waals surface area contributed by atoms with Gasteiger partial charge < -0.3 is 4.74 Å². The van der Waals surface area contributed by atoms with Crippen LogP contribution in [-0.2, 0) is 6.42 Å². The van der Waals surface area contributed by atoms with Crippen LogP contribution in [0.15, 0.2) is 18.2 Å². The molecule has 0 N–H and O–H groups in total. The van der Waals surface area contributed by atoms with E-state index in [4.69, 9.17) is 4.74 Å². The molecule has 0 unspecified atom stereocenters. The second-order valence-corrected chi connectivity index (χ2v) is 2.93. The summed E-state index contributed by atoms with van der Waals surface area (Å²) >= 11 is 0. The third-order valence-corrected chi connectivity index (χ3v) is 1.96. The maximum atomic E-state index is 5.38. The molecule has 2 heteroatoms. The number of fused-ring (bicyclic) bond motifs is 1. The predicted molar refractivity (Wildman–Crippen MR) is 44.4 cm³/mol. The molecule has 12 heavy (non-hydrogen) atoms. The van der Waals surface area contributed by atoms with Crippen molar-refractivity contribution in [2.75, 3.05) is 0 Å². The number of hydrogen-bond acceptors (Lipinski definition) is 1. The van der Waals surface area contributed by atoms with Gasteiger partial charge in [0.1, 0.15) is 0 Å². The Labute approximate surface area is 122 Å². The molecule has 58 valence electrons. The summed E-state index contributed by atoms with van der Waals surface area (Å²) in [5.41, 5.74) is 2.59. The Bertz CT molecular complexity index is 271. The van der Waals surface area contributed by atoms with Gasteiger partial charge in [0.2, 0.25) is 0 Å². The molecule has 0 saturated heterocycles. The monoisotopic (exact) mass is 232 g/mol. The predicted octanol–water partition coefficient (Wildman–Crippen LogP) is -0.514. The molecule has 0 spiro atoms. The third kappa shape index (κ3) is 2.41. The molecule has 2 rings (SSSR count). The molecular formula is C10H11ORb. The van der Waals surface area contributed by atoms with Crippen LogP contribution in [0.1, 0.15) is 17.5 Å². The molecule has 0 saturated carbocycles. The number of benzene rings is 1. The van der Waals surface area contributed by atoms with Gasteiger partial charge in [0.25, 0.3) is 0 Å². The van der Waals surface area contributed by atoms with E-state index in [0.717, 1.165) is 18.6 Å². The molecule has 0 radical (unpaired) electrons. The van der Waals surface area contributed by atoms with Gasteiger partial charge in [-0.15, -0.1) is 6.42 Å². The Balaban J connectivity index is 0.000000720. The quantitative estimate of drug-likeness (QED) is 0.548. The van der Waals surface area contributed by atoms with E-state index in [1.54, 1.807) is 0 Å². The van der Waals surface area contributed by atoms with Gasteiger partial charge in [0, 0.05) is 0 Å². The molecule has 1 aliphatic rings. The van der Waals surface area contributed by atoms with E-state index in [1.165, 1.54) is 11.1 Å². The fourth-order valence-electron chi connectivity index (χ4n) is 1.34. The van der Waals surface area contributed by atoms with E-state index in [2.05, 4.69) is 25.1 Å². The Morgan fingerprint density at radius 3 is 3.08 bits per heavy atom. The normalized spacial score (nSPS) is 14.1. The van der Waals surface area contributed by atoms with Crippen molar-refractivity contribution in [2.24, 2.45) is 0 Å². The van der Waals surface area contributed by atoms with Gasteiger partial charge >= 0.3 is 58.2 Å². The summed E-state index contributed by atoms with van der Waals surface area (Å²) < 4.78 is 5.38. The molecule has 0 aromatic heterocycles. The van der Waals surface area contributed by atoms with Crippen LogP contribution in [0.25, 0.3) is 0 Å². The zero-order valence-corrected chi connectivity index (χ0v) is 12.5. The van der Waals surface area contributed by atoms with Crippen LogP contribution in [0.5, 0.6) is 5.75 Å². The minimum Gasteiger partial charge on any atom is -0.662 e. The van der Waals surface area contributed by atoms with E-state index < -0.39 is 0 Å². The second kappa shape index (κ2) is 4.90. The smallest absolute Gasteiger partial charge is 0.662 e. The summed E-state index contributed by atoms with van der Waals surface area (Å²) in [6.45, 7) is 3.96. The average molecular weight is 233 g/mol. The molecule has 0 atom stereocenters. The number of ether oxygens (including phenoxy) is 1. The van der Waals surface area contributed by atoms with Gasteiger partial charge in [-0.1, -0.05) is 12.1 Å². The molecule has 1 aliphatic heterocycles. The maximum Gasteiger partial charge on any atom is 1.00 e. The summed E-state index contributed by atoms with van der Waals surface area (Å²) in [6, 6.07) is 6.37. The summed E-state index contributed by atoms with van der Waals surface area (Å²) in [5, 5.41) is 0. The molecule has 1 aromatic rings. The first-order valence-corrected chi connectivity index (χ1v) is 3.94. The van der Waals surface area contributed by atoms with Gasteiger partial charge in [0.15, 0.2) is 0 Å². The van der Waals surface area contributed by atoms with Crippen molar-refractivity contribution in [3.8, 4) is 5.75 Å². The third-order valence-electron chi connectivity index (χ3n) is 1.96. The zero-order chi connectivity index (χ0) is 7.68. The summed E-state index contributed by atoms with van der Waals surface area (Å²) in [4.78, 5) is 0. The fraction of sp³-hybridized carbons (Fsp3) is 0.300. The minimum atomic E-state index is 0. The van der Waals surface area contributed by atoms with Crippen LogP contribution in [-0.4, -0.2) is 0 Å². The largest absolute Gasteiger partial charge is 1.00 e. The van der Waals surface area contributed by atoms with Gasteiger partial charge in [-0.05, 0) is 30.5 Å². The van der Waals surface area contributed by atoms with E-state index in [1.807, 2.05) is 6.61 Å². The van der Waals surface area contributed by atoms with E-state index in [9.17, 15) is 0 Å². The molecule has 0 fully saturated rings. The first-order valence-electron chi connectivity index (χ1n) is 3.94. The van der Waals surface area contributed by atoms with Gasteiger partial charge in [0.05, 0.1) is 5.75 Å². The number of hydrogen-bond donors (Lipinski definition) is 0. The van der Waals surface area contributed by atoms with Crippen LogP contribution in [0.3, 0.4) is 0 Å². The van der Waals surface area contributed by atoms with Crippen molar-refractivity contribution in [3.63, 3.8) is 0 Å². The van der Waals surface area contributed by atoms with Crippen molar-refractivity contribution < 1.29 is 62.9 Å². The van der Waals surface area contributed by atoms with Crippen LogP contribution in [0.2, 0.25) is 0 Å². The number of aryl methyl sites for hydroxylation is 2. The van der Waals surface area contributed by atoms with Crippen molar-refractivity contribution >= 4 is 0 Å². The van der Waals surface area contributed by atoms with E-state index in [0.29, 0.717) is 0 Å². The fourth-order valence-corrected chi connectivity index (χ4v) is 1.34. The van der Waals surface area contributed by atoms with Crippen LogP contribution < -0.4 is 62.9 Å². The number of rotatable bonds is 0. The van der Waals surface area contributed by atoms with Crippen LogP contribution in [0, 0.1) is 13.5 Å². The molecular weight excluding hydrogens is 222 g/mol. The van der Waals surface area contributed by atoms with Crippen molar-refractivity contribution in [1.29, 1.82) is 0 Å². The summed E-state index contributed by atoms with van der Waals surface area (Å²) in [5.74, 6) is 1.04. The van der Waals surface area contributed by atoms with Crippen molar-refractivity contribution in [1.82, 2.24) is 0 Å². The van der Waals surface area contributed by atoms with Gasteiger partial charge in [-0.25, -0.2) is 0 Å². The standard InChI is InChI=1S/C10H11O.Rb/c1-8-4-5-9-3-2-6-11-10(9)7-8;/h4-7H,2-3H2,1H3;/q-1;+1. The molecule has 1 nitrogen and oxygen atoms in total. The Hall–Kier alpha value is 0.825. The maximum absolute atomic E-state index is 5.38. The zero-order valence-electron chi connectivity index (χ0n) is 7.63. The molecule has 0 amide bonds. The van der Waals surface area contributed by atoms with Crippen molar-refractivity contribution in [2.45, 2.75) is 19.8 Å². The summed E-state index contributed by atoms with van der Waals surface area (Å²) in [7, 11) is 0. The van der Waals surface area contributed by atoms with Gasteiger partial charge in [-0.3, -0.25) is 0 Å². The molecule has 0 aliphatic carbocycles. The van der Waals surface area contributed by atoms with Crippen LogP contribution in [0.4, 0.5) is 0 Å². The first kappa shape index (κ1) is 10.9. The average Bonchev–Trinajstić information content (AvgIpc) is 2.04. The summed E-state index contributed by atoms with van der Waals surface area (Å²) in [6.07, 6.45) is 2.16. The minimum absolute atomic E-state index is 0. The Morgan fingerprint density at radius 2 is 2.25 bits per heavy atom. The molecule has 1 heterocycles.